The van der Waals surface area contributed by atoms with Crippen molar-refractivity contribution in [1.29, 1.82) is 0 Å². The smallest absolute Gasteiger partial charge is 0.305 e. The lowest BCUT2D eigenvalue weighted by Crippen LogP contribution is -2.60. The Morgan fingerprint density at radius 1 is 0.561 bits per heavy atom. The number of unbranched alkanes of at least 4 members (excludes halogenated alkanes) is 26. The molecule has 0 aromatic rings. The monoisotopic (exact) mass is 934 g/mol. The zero-order chi connectivity index (χ0) is 48.1. The molecule has 7 atom stereocenters. The zero-order valence-electron chi connectivity index (χ0n) is 41.9. The molecule has 11 nitrogen and oxygen atoms in total. The van der Waals surface area contributed by atoms with Gasteiger partial charge < -0.3 is 45.1 Å². The maximum atomic E-state index is 13.0. The van der Waals surface area contributed by atoms with E-state index in [9.17, 15) is 35.1 Å². The molecule has 1 aliphatic rings. The molecule has 0 saturated carbocycles. The molecule has 1 aliphatic heterocycles. The van der Waals surface area contributed by atoms with E-state index in [1.54, 1.807) is 6.08 Å². The number of nitrogens with one attached hydrogen (secondary N) is 1. The minimum atomic E-state index is -1.58. The standard InChI is InChI=1S/C55H99NO10/c1-3-5-7-9-11-13-15-23-27-31-35-39-43-51(60)64-44-40-36-32-28-24-20-18-16-17-19-22-26-30-34-38-42-50(59)56-47(46-65-55-54(63)53(62)52(61)49(45-57)66-55)48(58)41-37-33-29-25-21-14-12-10-8-6-4-2/h11,13,16,18,20,24,37,41,47-49,52-55,57-58,61-63H,3-10,12,14-15,17,19,21-23,25-36,38-40,42-46H2,1-2H3,(H,56,59)/b13-11-,18-16-,24-20-,41-37+. The van der Waals surface area contributed by atoms with Gasteiger partial charge in [-0.15, -0.1) is 0 Å². The number of carbonyl (C=O) groups excluding carboxylic acids is 2. The molecule has 7 unspecified atom stereocenters. The number of hydrogen-bond donors (Lipinski definition) is 6. The first-order chi connectivity index (χ1) is 32.2. The van der Waals surface area contributed by atoms with Crippen molar-refractivity contribution >= 4 is 11.9 Å². The molecule has 6 N–H and O–H groups in total. The first-order valence-corrected chi connectivity index (χ1v) is 26.9. The highest BCUT2D eigenvalue weighted by Gasteiger charge is 2.44. The molecule has 1 saturated heterocycles. The summed E-state index contributed by atoms with van der Waals surface area (Å²) in [6.45, 7) is 4.21. The van der Waals surface area contributed by atoms with Gasteiger partial charge in [0.25, 0.3) is 0 Å². The van der Waals surface area contributed by atoms with Crippen LogP contribution in [-0.2, 0) is 23.8 Å². The Labute approximate surface area is 402 Å². The summed E-state index contributed by atoms with van der Waals surface area (Å²) in [4.78, 5) is 25.0. The van der Waals surface area contributed by atoms with E-state index in [0.29, 0.717) is 19.4 Å². The van der Waals surface area contributed by atoms with Crippen LogP contribution in [0.3, 0.4) is 0 Å². The van der Waals surface area contributed by atoms with Crippen molar-refractivity contribution in [2.75, 3.05) is 19.8 Å². The largest absolute Gasteiger partial charge is 0.466 e. The number of ether oxygens (including phenoxy) is 3. The van der Waals surface area contributed by atoms with Crippen LogP contribution in [0, 0.1) is 0 Å². The summed E-state index contributed by atoms with van der Waals surface area (Å²) in [6, 6.07) is -0.826. The van der Waals surface area contributed by atoms with Gasteiger partial charge in [-0.05, 0) is 89.9 Å². The second-order valence-electron chi connectivity index (χ2n) is 18.6. The van der Waals surface area contributed by atoms with Crippen LogP contribution in [0.1, 0.15) is 226 Å². The number of allylic oxidation sites excluding steroid dienone is 7. The molecule has 384 valence electrons. The van der Waals surface area contributed by atoms with E-state index in [2.05, 4.69) is 55.6 Å². The molecule has 1 rings (SSSR count). The van der Waals surface area contributed by atoms with Gasteiger partial charge in [0.1, 0.15) is 24.4 Å². The quantitative estimate of drug-likeness (QED) is 0.0149. The molecular formula is C55H99NO10. The van der Waals surface area contributed by atoms with Crippen LogP contribution >= 0.6 is 0 Å². The number of hydrogen-bond acceptors (Lipinski definition) is 10. The molecule has 0 aliphatic carbocycles. The first kappa shape index (κ1) is 61.6. The van der Waals surface area contributed by atoms with Crippen LogP contribution in [0.2, 0.25) is 0 Å². The average Bonchev–Trinajstić information content (AvgIpc) is 3.31. The summed E-state index contributed by atoms with van der Waals surface area (Å²) in [7, 11) is 0. The molecule has 11 heteroatoms. The number of esters is 1. The normalized spacial score (nSPS) is 20.0. The summed E-state index contributed by atoms with van der Waals surface area (Å²) >= 11 is 0. The molecule has 66 heavy (non-hydrogen) atoms. The van der Waals surface area contributed by atoms with Gasteiger partial charge in [-0.2, -0.15) is 0 Å². The third-order valence-corrected chi connectivity index (χ3v) is 12.4. The number of rotatable bonds is 45. The Kier molecular flexibility index (Phi) is 42.1. The topological polar surface area (TPSA) is 175 Å². The van der Waals surface area contributed by atoms with E-state index in [0.717, 1.165) is 103 Å². The van der Waals surface area contributed by atoms with Gasteiger partial charge >= 0.3 is 5.97 Å². The summed E-state index contributed by atoms with van der Waals surface area (Å²) in [5.74, 6) is -0.259. The summed E-state index contributed by atoms with van der Waals surface area (Å²) in [5, 5.41) is 54.2. The van der Waals surface area contributed by atoms with Crippen molar-refractivity contribution in [2.45, 2.75) is 269 Å². The van der Waals surface area contributed by atoms with E-state index in [1.807, 2.05) is 6.08 Å². The minimum Gasteiger partial charge on any atom is -0.466 e. The average molecular weight is 934 g/mol. The van der Waals surface area contributed by atoms with Crippen molar-refractivity contribution in [3.05, 3.63) is 48.6 Å². The second-order valence-corrected chi connectivity index (χ2v) is 18.6. The van der Waals surface area contributed by atoms with Crippen molar-refractivity contribution in [3.8, 4) is 0 Å². The Morgan fingerprint density at radius 2 is 1.02 bits per heavy atom. The molecule has 1 amide bonds. The molecule has 1 fully saturated rings. The molecule has 0 spiro atoms. The van der Waals surface area contributed by atoms with E-state index < -0.39 is 49.5 Å². The van der Waals surface area contributed by atoms with E-state index in [-0.39, 0.29) is 18.5 Å². The molecule has 1 heterocycles. The van der Waals surface area contributed by atoms with Gasteiger partial charge in [-0.3, -0.25) is 9.59 Å². The highest BCUT2D eigenvalue weighted by Crippen LogP contribution is 2.23. The lowest BCUT2D eigenvalue weighted by Gasteiger charge is -2.40. The van der Waals surface area contributed by atoms with Crippen molar-refractivity contribution < 1.29 is 49.3 Å². The third kappa shape index (κ3) is 34.8. The number of carbonyl (C=O) groups is 2. The second kappa shape index (κ2) is 45.1. The van der Waals surface area contributed by atoms with Crippen LogP contribution in [0.4, 0.5) is 0 Å². The van der Waals surface area contributed by atoms with Crippen LogP contribution in [0.25, 0.3) is 0 Å². The molecular weight excluding hydrogens is 835 g/mol. The van der Waals surface area contributed by atoms with Crippen LogP contribution < -0.4 is 5.32 Å². The predicted octanol–water partition coefficient (Wildman–Crippen LogP) is 11.3. The Morgan fingerprint density at radius 3 is 1.58 bits per heavy atom. The number of amides is 1. The summed E-state index contributed by atoms with van der Waals surface area (Å²) in [5.41, 5.74) is 0. The Bertz CT molecular complexity index is 1240. The minimum absolute atomic E-state index is 0.0520. The van der Waals surface area contributed by atoms with E-state index >= 15 is 0 Å². The van der Waals surface area contributed by atoms with Gasteiger partial charge in [0.05, 0.1) is 32.0 Å². The predicted molar refractivity (Wildman–Crippen MR) is 269 cm³/mol. The molecule has 0 radical (unpaired) electrons. The number of aliphatic hydroxyl groups is 5. The van der Waals surface area contributed by atoms with Crippen LogP contribution in [0.15, 0.2) is 48.6 Å². The highest BCUT2D eigenvalue weighted by molar-refractivity contribution is 5.76. The van der Waals surface area contributed by atoms with Gasteiger partial charge in [0, 0.05) is 12.8 Å². The van der Waals surface area contributed by atoms with Gasteiger partial charge in [0.15, 0.2) is 6.29 Å². The zero-order valence-corrected chi connectivity index (χ0v) is 41.9. The van der Waals surface area contributed by atoms with E-state index in [1.165, 1.54) is 96.3 Å². The first-order valence-electron chi connectivity index (χ1n) is 26.9. The van der Waals surface area contributed by atoms with Crippen molar-refractivity contribution in [3.63, 3.8) is 0 Å². The molecule has 0 aromatic carbocycles. The maximum absolute atomic E-state index is 13.0. The summed E-state index contributed by atoms with van der Waals surface area (Å²) < 4.78 is 16.6. The Hall–Kier alpha value is -2.38. The fraction of sp³-hybridized carbons (Fsp3) is 0.818. The van der Waals surface area contributed by atoms with E-state index in [4.69, 9.17) is 14.2 Å². The lowest BCUT2D eigenvalue weighted by atomic mass is 9.99. The molecule has 0 aromatic heterocycles. The van der Waals surface area contributed by atoms with Gasteiger partial charge in [-0.1, -0.05) is 172 Å². The van der Waals surface area contributed by atoms with Gasteiger partial charge in [-0.25, -0.2) is 0 Å². The van der Waals surface area contributed by atoms with Crippen LogP contribution in [0.5, 0.6) is 0 Å². The van der Waals surface area contributed by atoms with Gasteiger partial charge in [0.2, 0.25) is 5.91 Å². The third-order valence-electron chi connectivity index (χ3n) is 12.4. The Balaban J connectivity index is 2.18. The highest BCUT2D eigenvalue weighted by atomic mass is 16.7. The lowest BCUT2D eigenvalue weighted by molar-refractivity contribution is -0.302. The molecule has 0 bridgehead atoms. The van der Waals surface area contributed by atoms with Crippen molar-refractivity contribution in [1.82, 2.24) is 5.32 Å². The maximum Gasteiger partial charge on any atom is 0.305 e. The fourth-order valence-electron chi connectivity index (χ4n) is 8.06. The number of aliphatic hydroxyl groups excluding tert-OH is 5. The SMILES string of the molecule is CCCCC/C=C\CCCCCCCC(=O)OCCCCC/C=C\C=C/CCCCCCCCC(=O)NC(COC1OC(CO)C(O)C(O)C1O)C(O)/C=C/CCCCCCCCCCC. The van der Waals surface area contributed by atoms with Crippen LogP contribution in [-0.4, -0.2) is 100 Å². The fourth-order valence-corrected chi connectivity index (χ4v) is 8.06. The summed E-state index contributed by atoms with van der Waals surface area (Å²) in [6.07, 6.45) is 44.7. The van der Waals surface area contributed by atoms with Crippen molar-refractivity contribution in [2.24, 2.45) is 0 Å².